The van der Waals surface area contributed by atoms with Crippen molar-refractivity contribution in [3.05, 3.63) is 192 Å². The molecule has 10 rings (SSSR count). The van der Waals surface area contributed by atoms with E-state index in [1.165, 1.54) is 0 Å². The zero-order chi connectivity index (χ0) is 52.1. The van der Waals surface area contributed by atoms with E-state index in [0.29, 0.717) is 13.2 Å². The van der Waals surface area contributed by atoms with E-state index in [0.717, 1.165) is 59.9 Å². The van der Waals surface area contributed by atoms with Crippen molar-refractivity contribution in [1.82, 2.24) is 0 Å². The minimum absolute atomic E-state index is 0.109. The fraction of sp³-hybridized carbons (Fsp3) is 0.484. The van der Waals surface area contributed by atoms with Gasteiger partial charge in [0, 0.05) is 23.7 Å². The second-order valence-corrected chi connectivity index (χ2v) is 20.3. The van der Waals surface area contributed by atoms with Crippen molar-refractivity contribution in [2.45, 2.75) is 164 Å². The Labute approximate surface area is 447 Å². The third-order valence-corrected chi connectivity index (χ3v) is 14.8. The fourth-order valence-corrected chi connectivity index (χ4v) is 10.7. The van der Waals surface area contributed by atoms with Crippen LogP contribution in [0.25, 0.3) is 0 Å². The second-order valence-electron chi connectivity index (χ2n) is 20.3. The van der Waals surface area contributed by atoms with Crippen molar-refractivity contribution in [1.29, 1.82) is 0 Å². The standard InChI is InChI=1S/C62H74O14/c1-4-5-6-7-8-24-35-64-58-41(2)51(54-49(71-58)40-69-60(75-54)47-33-22-13-23-34-47)73-61-55(50(63)53-48(72-61)39-68-59(74-53)46-31-20-12-21-32-46)76-62-57(67-38-45-29-18-11-19-30-45)56(66-37-44-27-16-10-17-28-44)52(42(3)70-62)65-36-43-25-14-9-15-26-43/h4,9-23,25-34,41-42,48-63H,1,5-8,24,35-40H2,2-3H3/t41?,42?,48?,49?,50-,51+,52-,53-,54-,55?,56+,57?,58+,59?,60?,61-,62-/m0/s1. The van der Waals surface area contributed by atoms with Gasteiger partial charge in [0.1, 0.15) is 54.9 Å². The number of hydrogen-bond donors (Lipinski definition) is 1. The van der Waals surface area contributed by atoms with Crippen molar-refractivity contribution >= 4 is 0 Å². The lowest BCUT2D eigenvalue weighted by Gasteiger charge is -2.53. The van der Waals surface area contributed by atoms with E-state index >= 15 is 0 Å². The highest BCUT2D eigenvalue weighted by atomic mass is 16.8. The lowest BCUT2D eigenvalue weighted by molar-refractivity contribution is -0.417. The second kappa shape index (κ2) is 27.2. The molecule has 0 radical (unpaired) electrons. The lowest BCUT2D eigenvalue weighted by Crippen LogP contribution is -2.68. The number of unbranched alkanes of at least 4 members (excludes halogenated alkanes) is 4. The lowest BCUT2D eigenvalue weighted by atomic mass is 9.90. The first-order chi connectivity index (χ1) is 37.4. The molecule has 0 amide bonds. The molecule has 0 spiro atoms. The van der Waals surface area contributed by atoms with Crippen LogP contribution >= 0.6 is 0 Å². The number of allylic oxidation sites excluding steroid dienone is 1. The largest absolute Gasteiger partial charge is 0.387 e. The van der Waals surface area contributed by atoms with Crippen molar-refractivity contribution in [3.63, 3.8) is 0 Å². The molecule has 14 heteroatoms. The minimum Gasteiger partial charge on any atom is -0.387 e. The summed E-state index contributed by atoms with van der Waals surface area (Å²) in [5, 5.41) is 12.9. The first-order valence-corrected chi connectivity index (χ1v) is 27.2. The Morgan fingerprint density at radius 1 is 0.474 bits per heavy atom. The van der Waals surface area contributed by atoms with E-state index in [4.69, 9.17) is 61.6 Å². The maximum atomic E-state index is 12.9. The van der Waals surface area contributed by atoms with E-state index in [9.17, 15) is 5.11 Å². The van der Waals surface area contributed by atoms with Crippen molar-refractivity contribution in [3.8, 4) is 0 Å². The van der Waals surface area contributed by atoms with Crippen LogP contribution < -0.4 is 0 Å². The van der Waals surface area contributed by atoms with Crippen LogP contribution in [0.2, 0.25) is 0 Å². The molecule has 5 saturated heterocycles. The van der Waals surface area contributed by atoms with Gasteiger partial charge in [-0.1, -0.05) is 178 Å². The van der Waals surface area contributed by atoms with Crippen LogP contribution in [0.1, 0.15) is 86.3 Å². The van der Waals surface area contributed by atoms with Gasteiger partial charge in [0.05, 0.1) is 45.2 Å². The van der Waals surface area contributed by atoms with Gasteiger partial charge in [-0.25, -0.2) is 0 Å². The molecule has 5 aliphatic rings. The van der Waals surface area contributed by atoms with E-state index in [2.05, 4.69) is 6.58 Å². The quantitative estimate of drug-likeness (QED) is 0.0490. The summed E-state index contributed by atoms with van der Waals surface area (Å²) in [5.74, 6) is -0.386. The third kappa shape index (κ3) is 13.7. The maximum Gasteiger partial charge on any atom is 0.187 e. The molecule has 0 bridgehead atoms. The van der Waals surface area contributed by atoms with Crippen LogP contribution in [0.15, 0.2) is 164 Å². The first-order valence-electron chi connectivity index (χ1n) is 27.2. The van der Waals surface area contributed by atoms with Crippen LogP contribution in [-0.2, 0) is 81.4 Å². The Morgan fingerprint density at radius 3 is 1.50 bits per heavy atom. The summed E-state index contributed by atoms with van der Waals surface area (Å²) in [6.07, 6.45) is -6.37. The van der Waals surface area contributed by atoms with Gasteiger partial charge < -0.3 is 66.7 Å². The molecule has 8 unspecified atom stereocenters. The van der Waals surface area contributed by atoms with Crippen molar-refractivity contribution in [2.75, 3.05) is 19.8 Å². The molecule has 0 aliphatic carbocycles. The number of fused-ring (bicyclic) bond motifs is 2. The van der Waals surface area contributed by atoms with E-state index in [-0.39, 0.29) is 32.3 Å². The number of rotatable bonds is 23. The van der Waals surface area contributed by atoms with Crippen molar-refractivity contribution in [2.24, 2.45) is 5.92 Å². The van der Waals surface area contributed by atoms with Gasteiger partial charge in [0.15, 0.2) is 31.5 Å². The van der Waals surface area contributed by atoms with Crippen LogP contribution in [0.5, 0.6) is 0 Å². The van der Waals surface area contributed by atoms with Gasteiger partial charge in [-0.2, -0.15) is 0 Å². The fourth-order valence-electron chi connectivity index (χ4n) is 10.7. The van der Waals surface area contributed by atoms with Gasteiger partial charge in [-0.15, -0.1) is 6.58 Å². The summed E-state index contributed by atoms with van der Waals surface area (Å²) in [5.41, 5.74) is 4.58. The van der Waals surface area contributed by atoms with Crippen LogP contribution in [0, 0.1) is 5.92 Å². The molecule has 5 heterocycles. The van der Waals surface area contributed by atoms with Gasteiger partial charge in [-0.05, 0) is 42.9 Å². The SMILES string of the molecule is C=CCCCCCCO[C@@H]1OC2COC(c3ccccc3)O[C@@H]2[C@H](O[C@@H]2OC3COC(c4ccccc4)O[C@@H]3[C@H](O)C2O[C@@H]2OC(C)[C@H](OCc3ccccc3)[C@@H](OCc3ccccc3)C2OCc2ccccc2)C1C. The predicted molar refractivity (Wildman–Crippen MR) is 281 cm³/mol. The van der Waals surface area contributed by atoms with Gasteiger partial charge in [-0.3, -0.25) is 0 Å². The topological polar surface area (TPSA) is 140 Å². The smallest absolute Gasteiger partial charge is 0.187 e. The normalized spacial score (nSPS) is 33.4. The molecule has 14 nitrogen and oxygen atoms in total. The maximum absolute atomic E-state index is 12.9. The van der Waals surface area contributed by atoms with Gasteiger partial charge in [0.25, 0.3) is 0 Å². The highest BCUT2D eigenvalue weighted by Gasteiger charge is 2.57. The summed E-state index contributed by atoms with van der Waals surface area (Å²) < 4.78 is 88.4. The molecule has 5 aliphatic heterocycles. The molecule has 76 heavy (non-hydrogen) atoms. The average Bonchev–Trinajstić information content (AvgIpc) is 3.51. The Kier molecular flexibility index (Phi) is 19.6. The monoisotopic (exact) mass is 1040 g/mol. The predicted octanol–water partition coefficient (Wildman–Crippen LogP) is 10.1. The van der Waals surface area contributed by atoms with E-state index in [1.54, 1.807) is 0 Å². The summed E-state index contributed by atoms with van der Waals surface area (Å²) >= 11 is 0. The zero-order valence-electron chi connectivity index (χ0n) is 43.6. The first kappa shape index (κ1) is 54.6. The zero-order valence-corrected chi connectivity index (χ0v) is 43.6. The van der Waals surface area contributed by atoms with Gasteiger partial charge in [0.2, 0.25) is 0 Å². The highest BCUT2D eigenvalue weighted by molar-refractivity contribution is 5.19. The molecule has 0 saturated carbocycles. The van der Waals surface area contributed by atoms with E-state index < -0.39 is 98.6 Å². The molecular weight excluding hydrogens is 969 g/mol. The average molecular weight is 1040 g/mol. The Balaban J connectivity index is 0.975. The Hall–Kier alpha value is -4.72. The molecule has 5 aromatic carbocycles. The summed E-state index contributed by atoms with van der Waals surface area (Å²) in [7, 11) is 0. The van der Waals surface area contributed by atoms with Gasteiger partial charge >= 0.3 is 0 Å². The summed E-state index contributed by atoms with van der Waals surface area (Å²) in [6, 6.07) is 49.4. The molecule has 5 fully saturated rings. The number of benzene rings is 5. The Morgan fingerprint density at radius 2 is 0.934 bits per heavy atom. The molecule has 5 aromatic rings. The number of hydrogen-bond acceptors (Lipinski definition) is 14. The van der Waals surface area contributed by atoms with Crippen LogP contribution in [0.4, 0.5) is 0 Å². The Bertz CT molecular complexity index is 2460. The number of ether oxygens (including phenoxy) is 13. The van der Waals surface area contributed by atoms with Crippen LogP contribution in [0.3, 0.4) is 0 Å². The highest BCUT2D eigenvalue weighted by Crippen LogP contribution is 2.43. The number of aliphatic hydroxyl groups is 1. The molecule has 17 atom stereocenters. The molecule has 406 valence electrons. The van der Waals surface area contributed by atoms with E-state index in [1.807, 2.05) is 172 Å². The van der Waals surface area contributed by atoms with Crippen LogP contribution in [-0.4, -0.2) is 111 Å². The summed E-state index contributed by atoms with van der Waals surface area (Å²) in [4.78, 5) is 0. The molecular formula is C62H74O14. The van der Waals surface area contributed by atoms with Crippen molar-refractivity contribution < 1.29 is 66.7 Å². The molecule has 1 N–H and O–H groups in total. The molecule has 0 aromatic heterocycles. The number of aliphatic hydroxyl groups excluding tert-OH is 1. The third-order valence-electron chi connectivity index (χ3n) is 14.8. The minimum atomic E-state index is -1.32. The summed E-state index contributed by atoms with van der Waals surface area (Å²) in [6.45, 7) is 9.44.